The summed E-state index contributed by atoms with van der Waals surface area (Å²) in [5, 5.41) is 5.04. The van der Waals surface area contributed by atoms with Crippen LogP contribution in [-0.2, 0) is 0 Å². The Morgan fingerprint density at radius 3 is 1.00 bits per heavy atom. The fourth-order valence-corrected chi connectivity index (χ4v) is 6.58. The van der Waals surface area contributed by atoms with Gasteiger partial charge in [-0.3, -0.25) is 0 Å². The second-order valence-electron chi connectivity index (χ2n) is 11.3. The molecule has 0 heteroatoms. The number of hydrogen-bond acceptors (Lipinski definition) is 0. The smallest absolute Gasteiger partial charge is 0.00259 e. The van der Waals surface area contributed by atoms with E-state index < -0.39 is 0 Å². The monoisotopic (exact) mass is 558 g/mol. The van der Waals surface area contributed by atoms with Gasteiger partial charge in [-0.2, -0.15) is 0 Å². The van der Waals surface area contributed by atoms with E-state index in [-0.39, 0.29) is 0 Å². The van der Waals surface area contributed by atoms with E-state index in [0.717, 1.165) is 0 Å². The molecule has 0 bridgehead atoms. The third-order valence-corrected chi connectivity index (χ3v) is 8.65. The van der Waals surface area contributed by atoms with Gasteiger partial charge in [-0.1, -0.05) is 164 Å². The van der Waals surface area contributed by atoms with Crippen molar-refractivity contribution >= 4 is 21.5 Å². The molecule has 8 rings (SSSR count). The summed E-state index contributed by atoms with van der Waals surface area (Å²) in [4.78, 5) is 0. The van der Waals surface area contributed by atoms with Crippen molar-refractivity contribution in [1.82, 2.24) is 0 Å². The number of rotatable bonds is 5. The average Bonchev–Trinajstić information content (AvgIpc) is 3.11. The fraction of sp³-hybridized carbons (Fsp3) is 0. The largest absolute Gasteiger partial charge is 0.0622 e. The summed E-state index contributed by atoms with van der Waals surface area (Å²) in [6.45, 7) is 0. The van der Waals surface area contributed by atoms with E-state index in [0.29, 0.717) is 0 Å². The maximum Gasteiger partial charge on any atom is -0.00259 e. The molecule has 8 aromatic carbocycles. The van der Waals surface area contributed by atoms with Crippen LogP contribution in [0.3, 0.4) is 0 Å². The summed E-state index contributed by atoms with van der Waals surface area (Å²) < 4.78 is 0. The highest BCUT2D eigenvalue weighted by atomic mass is 14.2. The minimum Gasteiger partial charge on any atom is -0.0622 e. The van der Waals surface area contributed by atoms with E-state index in [1.165, 1.54) is 77.2 Å². The quantitative estimate of drug-likeness (QED) is 0.184. The van der Waals surface area contributed by atoms with Crippen LogP contribution in [0.1, 0.15) is 0 Å². The van der Waals surface area contributed by atoms with Crippen LogP contribution in [0.15, 0.2) is 182 Å². The second kappa shape index (κ2) is 11.2. The molecular formula is C44H30. The molecule has 0 aromatic heterocycles. The Bertz CT molecular complexity index is 2240. The first-order valence-corrected chi connectivity index (χ1v) is 15.2. The zero-order valence-corrected chi connectivity index (χ0v) is 24.3. The zero-order valence-electron chi connectivity index (χ0n) is 24.3. The lowest BCUT2D eigenvalue weighted by atomic mass is 9.84. The molecule has 0 aliphatic heterocycles. The number of benzene rings is 8. The molecule has 0 nitrogen and oxygen atoms in total. The van der Waals surface area contributed by atoms with E-state index >= 15 is 0 Å². The average molecular weight is 559 g/mol. The van der Waals surface area contributed by atoms with Crippen molar-refractivity contribution in [2.24, 2.45) is 0 Å². The lowest BCUT2D eigenvalue weighted by Crippen LogP contribution is -1.92. The Kier molecular flexibility index (Phi) is 6.59. The Hall–Kier alpha value is -5.72. The molecule has 0 aliphatic carbocycles. The van der Waals surface area contributed by atoms with Crippen LogP contribution in [-0.4, -0.2) is 0 Å². The van der Waals surface area contributed by atoms with Gasteiger partial charge in [-0.15, -0.1) is 0 Å². The molecule has 0 aliphatic rings. The molecule has 0 amide bonds. The summed E-state index contributed by atoms with van der Waals surface area (Å²) >= 11 is 0. The maximum atomic E-state index is 2.40. The predicted molar refractivity (Wildman–Crippen MR) is 189 cm³/mol. The first-order chi connectivity index (χ1) is 21.8. The third-order valence-electron chi connectivity index (χ3n) is 8.65. The van der Waals surface area contributed by atoms with Crippen LogP contribution >= 0.6 is 0 Å². The molecule has 0 atom stereocenters. The molecule has 0 fully saturated rings. The van der Waals surface area contributed by atoms with Crippen LogP contribution < -0.4 is 0 Å². The van der Waals surface area contributed by atoms with Crippen LogP contribution in [0.25, 0.3) is 77.2 Å². The van der Waals surface area contributed by atoms with Gasteiger partial charge in [0, 0.05) is 0 Å². The van der Waals surface area contributed by atoms with Crippen molar-refractivity contribution in [1.29, 1.82) is 0 Å². The molecular weight excluding hydrogens is 528 g/mol. The standard InChI is InChI=1S/C44H30/c1-4-14-31(15-5-1)34-20-12-22-37(28-34)43-39-24-10-11-25-40(39)44(38-23-13-21-35(29-38)32-16-6-2-7-17-32)42-30-36(26-27-41(42)43)33-18-8-3-9-19-33/h1-30H. The lowest BCUT2D eigenvalue weighted by molar-refractivity contribution is 1.60. The Morgan fingerprint density at radius 1 is 0.182 bits per heavy atom. The molecule has 0 saturated carbocycles. The van der Waals surface area contributed by atoms with Gasteiger partial charge < -0.3 is 0 Å². The van der Waals surface area contributed by atoms with Gasteiger partial charge in [0.25, 0.3) is 0 Å². The Balaban J connectivity index is 1.45. The first-order valence-electron chi connectivity index (χ1n) is 15.2. The Morgan fingerprint density at radius 2 is 0.523 bits per heavy atom. The number of hydrogen-bond donors (Lipinski definition) is 0. The van der Waals surface area contributed by atoms with E-state index in [1.807, 2.05) is 0 Å². The molecule has 44 heavy (non-hydrogen) atoms. The van der Waals surface area contributed by atoms with Crippen LogP contribution in [0.5, 0.6) is 0 Å². The molecule has 0 heterocycles. The van der Waals surface area contributed by atoms with E-state index in [2.05, 4.69) is 182 Å². The maximum absolute atomic E-state index is 2.40. The van der Waals surface area contributed by atoms with Gasteiger partial charge in [0.1, 0.15) is 0 Å². The minimum absolute atomic E-state index is 1.22. The van der Waals surface area contributed by atoms with Crippen molar-refractivity contribution in [3.05, 3.63) is 182 Å². The highest BCUT2D eigenvalue weighted by Crippen LogP contribution is 2.45. The second-order valence-corrected chi connectivity index (χ2v) is 11.3. The van der Waals surface area contributed by atoms with Gasteiger partial charge in [-0.05, 0) is 95.4 Å². The molecule has 0 unspecified atom stereocenters. The van der Waals surface area contributed by atoms with Gasteiger partial charge in [0.2, 0.25) is 0 Å². The summed E-state index contributed by atoms with van der Waals surface area (Å²) in [7, 11) is 0. The minimum atomic E-state index is 1.22. The molecule has 0 spiro atoms. The van der Waals surface area contributed by atoms with Gasteiger partial charge in [-0.25, -0.2) is 0 Å². The normalized spacial score (nSPS) is 11.2. The van der Waals surface area contributed by atoms with E-state index in [9.17, 15) is 0 Å². The summed E-state index contributed by atoms with van der Waals surface area (Å²) in [5.74, 6) is 0. The van der Waals surface area contributed by atoms with Crippen LogP contribution in [0.2, 0.25) is 0 Å². The first kappa shape index (κ1) is 25.9. The van der Waals surface area contributed by atoms with Crippen molar-refractivity contribution in [2.75, 3.05) is 0 Å². The van der Waals surface area contributed by atoms with Crippen LogP contribution in [0, 0.1) is 0 Å². The Labute approximate surface area is 258 Å². The van der Waals surface area contributed by atoms with Crippen molar-refractivity contribution in [2.45, 2.75) is 0 Å². The molecule has 206 valence electrons. The van der Waals surface area contributed by atoms with Gasteiger partial charge in [0.15, 0.2) is 0 Å². The predicted octanol–water partition coefficient (Wildman–Crippen LogP) is 12.3. The van der Waals surface area contributed by atoms with Gasteiger partial charge >= 0.3 is 0 Å². The lowest BCUT2D eigenvalue weighted by Gasteiger charge is -2.19. The zero-order chi connectivity index (χ0) is 29.3. The summed E-state index contributed by atoms with van der Waals surface area (Å²) in [6.07, 6.45) is 0. The molecule has 0 N–H and O–H groups in total. The molecule has 0 radical (unpaired) electrons. The SMILES string of the molecule is c1ccc(-c2cccc(-c3c4ccccc4c(-c4cccc(-c5ccccc5)c4)c4cc(-c5ccccc5)ccc34)c2)cc1. The van der Waals surface area contributed by atoms with Crippen LogP contribution in [0.4, 0.5) is 0 Å². The van der Waals surface area contributed by atoms with E-state index in [1.54, 1.807) is 0 Å². The van der Waals surface area contributed by atoms with Crippen molar-refractivity contribution < 1.29 is 0 Å². The topological polar surface area (TPSA) is 0 Å². The molecule has 8 aromatic rings. The fourth-order valence-electron chi connectivity index (χ4n) is 6.58. The van der Waals surface area contributed by atoms with E-state index in [4.69, 9.17) is 0 Å². The molecule has 0 saturated heterocycles. The number of fused-ring (bicyclic) bond motifs is 2. The van der Waals surface area contributed by atoms with Crippen molar-refractivity contribution in [3.8, 4) is 55.6 Å². The highest BCUT2D eigenvalue weighted by molar-refractivity contribution is 6.22. The highest BCUT2D eigenvalue weighted by Gasteiger charge is 2.18. The summed E-state index contributed by atoms with van der Waals surface area (Å²) in [6, 6.07) is 66.0. The van der Waals surface area contributed by atoms with Crippen molar-refractivity contribution in [3.63, 3.8) is 0 Å². The van der Waals surface area contributed by atoms with Gasteiger partial charge in [0.05, 0.1) is 0 Å². The third kappa shape index (κ3) is 4.68. The summed E-state index contributed by atoms with van der Waals surface area (Å²) in [5.41, 5.74) is 12.3.